The van der Waals surface area contributed by atoms with Gasteiger partial charge in [0, 0.05) is 0 Å². The molecular formula is C35H38O2. The average Bonchev–Trinajstić information content (AvgIpc) is 3.48. The van der Waals surface area contributed by atoms with E-state index < -0.39 is 11.7 Å². The molecule has 0 bridgehead atoms. The van der Waals surface area contributed by atoms with Gasteiger partial charge in [-0.1, -0.05) is 130 Å². The molecule has 4 aromatic rings. The standard InChI is InChI=1S/C35H38O2/c1-3-27(2)28-23-25-33(26-24-28)37-34(36-32-21-13-14-22-32)35(29-15-7-4-8-16-29,30-17-9-5-10-18-30)31-19-11-6-12-20-31/h4-12,15-20,23-27,32,34H,3,13-14,21-22H2,1-2H3. The molecule has 4 aromatic carbocycles. The first kappa shape index (κ1) is 25.3. The number of hydrogen-bond acceptors (Lipinski definition) is 2. The normalized spacial score (nSPS) is 15.8. The second-order valence-corrected chi connectivity index (χ2v) is 10.3. The fourth-order valence-corrected chi connectivity index (χ4v) is 5.66. The molecule has 0 amide bonds. The summed E-state index contributed by atoms with van der Waals surface area (Å²) in [4.78, 5) is 0. The zero-order valence-corrected chi connectivity index (χ0v) is 22.1. The summed E-state index contributed by atoms with van der Waals surface area (Å²) in [6.45, 7) is 4.50. The van der Waals surface area contributed by atoms with Crippen LogP contribution in [0.15, 0.2) is 115 Å². The summed E-state index contributed by atoms with van der Waals surface area (Å²) in [5, 5.41) is 0. The van der Waals surface area contributed by atoms with E-state index in [1.54, 1.807) is 0 Å². The monoisotopic (exact) mass is 490 g/mol. The lowest BCUT2D eigenvalue weighted by atomic mass is 9.68. The van der Waals surface area contributed by atoms with Crippen molar-refractivity contribution in [2.24, 2.45) is 0 Å². The fourth-order valence-electron chi connectivity index (χ4n) is 5.66. The van der Waals surface area contributed by atoms with Gasteiger partial charge in [0.2, 0.25) is 6.29 Å². The highest BCUT2D eigenvalue weighted by atomic mass is 16.7. The maximum Gasteiger partial charge on any atom is 0.218 e. The van der Waals surface area contributed by atoms with Gasteiger partial charge in [-0.2, -0.15) is 0 Å². The van der Waals surface area contributed by atoms with Crippen molar-refractivity contribution >= 4 is 0 Å². The van der Waals surface area contributed by atoms with Crippen LogP contribution in [0.25, 0.3) is 0 Å². The Morgan fingerprint density at radius 2 is 1.14 bits per heavy atom. The Labute approximate surface area is 222 Å². The smallest absolute Gasteiger partial charge is 0.218 e. The minimum Gasteiger partial charge on any atom is -0.463 e. The second-order valence-electron chi connectivity index (χ2n) is 10.3. The van der Waals surface area contributed by atoms with Crippen molar-refractivity contribution in [1.29, 1.82) is 0 Å². The molecule has 0 radical (unpaired) electrons. The summed E-state index contributed by atoms with van der Waals surface area (Å²) < 4.78 is 14.0. The van der Waals surface area contributed by atoms with Crippen molar-refractivity contribution < 1.29 is 9.47 Å². The molecule has 5 rings (SSSR count). The molecule has 1 aliphatic carbocycles. The van der Waals surface area contributed by atoms with E-state index in [2.05, 4.69) is 129 Å². The number of rotatable bonds is 10. The molecule has 0 aliphatic heterocycles. The highest BCUT2D eigenvalue weighted by molar-refractivity contribution is 5.52. The van der Waals surface area contributed by atoms with E-state index >= 15 is 0 Å². The number of benzene rings is 4. The van der Waals surface area contributed by atoms with E-state index in [0.29, 0.717) is 5.92 Å². The lowest BCUT2D eigenvalue weighted by Gasteiger charge is -2.42. The van der Waals surface area contributed by atoms with Crippen LogP contribution in [0.2, 0.25) is 0 Å². The van der Waals surface area contributed by atoms with Gasteiger partial charge in [0.25, 0.3) is 0 Å². The van der Waals surface area contributed by atoms with E-state index in [1.807, 2.05) is 0 Å². The van der Waals surface area contributed by atoms with Crippen LogP contribution < -0.4 is 4.74 Å². The molecular weight excluding hydrogens is 452 g/mol. The average molecular weight is 491 g/mol. The van der Waals surface area contributed by atoms with Crippen LogP contribution in [0.4, 0.5) is 0 Å². The quantitative estimate of drug-likeness (QED) is 0.163. The van der Waals surface area contributed by atoms with E-state index in [9.17, 15) is 0 Å². The molecule has 190 valence electrons. The summed E-state index contributed by atoms with van der Waals surface area (Å²) >= 11 is 0. The molecule has 2 heteroatoms. The largest absolute Gasteiger partial charge is 0.463 e. The van der Waals surface area contributed by atoms with Crippen molar-refractivity contribution in [1.82, 2.24) is 0 Å². The SMILES string of the molecule is CCC(C)c1ccc(OC(OC2CCCC2)C(c2ccccc2)(c2ccccc2)c2ccccc2)cc1. The predicted molar refractivity (Wildman–Crippen MR) is 152 cm³/mol. The summed E-state index contributed by atoms with van der Waals surface area (Å²) in [5.74, 6) is 1.36. The van der Waals surface area contributed by atoms with Crippen LogP contribution in [0.1, 0.15) is 74.1 Å². The van der Waals surface area contributed by atoms with E-state index in [1.165, 1.54) is 18.4 Å². The van der Waals surface area contributed by atoms with Crippen molar-refractivity contribution in [2.45, 2.75) is 69.7 Å². The Bertz CT molecular complexity index is 1120. The van der Waals surface area contributed by atoms with E-state index in [4.69, 9.17) is 9.47 Å². The fraction of sp³-hybridized carbons (Fsp3) is 0.314. The Morgan fingerprint density at radius 1 is 0.676 bits per heavy atom. The van der Waals surface area contributed by atoms with Crippen molar-refractivity contribution in [3.05, 3.63) is 138 Å². The molecule has 2 nitrogen and oxygen atoms in total. The Balaban J connectivity index is 1.69. The van der Waals surface area contributed by atoms with Gasteiger partial charge in [0.15, 0.2) is 0 Å². The summed E-state index contributed by atoms with van der Waals surface area (Å²) in [7, 11) is 0. The Hall–Kier alpha value is -3.36. The van der Waals surface area contributed by atoms with Gasteiger partial charge in [0.1, 0.15) is 11.2 Å². The molecule has 37 heavy (non-hydrogen) atoms. The first-order valence-corrected chi connectivity index (χ1v) is 13.8. The topological polar surface area (TPSA) is 18.5 Å². The van der Waals surface area contributed by atoms with Gasteiger partial charge in [-0.15, -0.1) is 0 Å². The number of hydrogen-bond donors (Lipinski definition) is 0. The highest BCUT2D eigenvalue weighted by Gasteiger charge is 2.47. The minimum absolute atomic E-state index is 0.180. The van der Waals surface area contributed by atoms with Crippen LogP contribution in [0.5, 0.6) is 5.75 Å². The zero-order valence-electron chi connectivity index (χ0n) is 22.1. The predicted octanol–water partition coefficient (Wildman–Crippen LogP) is 8.90. The molecule has 0 saturated heterocycles. The van der Waals surface area contributed by atoms with Gasteiger partial charge in [-0.3, -0.25) is 0 Å². The van der Waals surface area contributed by atoms with Crippen LogP contribution in [-0.2, 0) is 10.2 Å². The van der Waals surface area contributed by atoms with Gasteiger partial charge >= 0.3 is 0 Å². The minimum atomic E-state index is -0.651. The van der Waals surface area contributed by atoms with Gasteiger partial charge in [-0.05, 0) is 59.6 Å². The highest BCUT2D eigenvalue weighted by Crippen LogP contribution is 2.45. The van der Waals surface area contributed by atoms with Crippen molar-refractivity contribution in [3.8, 4) is 5.75 Å². The molecule has 1 saturated carbocycles. The maximum absolute atomic E-state index is 7.02. The van der Waals surface area contributed by atoms with Crippen LogP contribution in [0.3, 0.4) is 0 Å². The van der Waals surface area contributed by atoms with Gasteiger partial charge in [-0.25, -0.2) is 0 Å². The Morgan fingerprint density at radius 3 is 1.57 bits per heavy atom. The maximum atomic E-state index is 7.02. The molecule has 2 unspecified atom stereocenters. The molecule has 1 fully saturated rings. The lowest BCUT2D eigenvalue weighted by Crippen LogP contribution is -2.48. The molecule has 0 heterocycles. The van der Waals surface area contributed by atoms with Crippen LogP contribution in [0, 0.1) is 0 Å². The zero-order chi connectivity index (χ0) is 25.5. The second kappa shape index (κ2) is 11.8. The Kier molecular flexibility index (Phi) is 8.06. The van der Waals surface area contributed by atoms with Gasteiger partial charge < -0.3 is 9.47 Å². The summed E-state index contributed by atoms with van der Waals surface area (Å²) in [6, 6.07) is 40.8. The van der Waals surface area contributed by atoms with E-state index in [0.717, 1.165) is 41.7 Å². The lowest BCUT2D eigenvalue weighted by molar-refractivity contribution is -0.141. The molecule has 1 aliphatic rings. The first-order chi connectivity index (χ1) is 18.2. The van der Waals surface area contributed by atoms with Crippen molar-refractivity contribution in [3.63, 3.8) is 0 Å². The molecule has 0 spiro atoms. The van der Waals surface area contributed by atoms with Crippen molar-refractivity contribution in [2.75, 3.05) is 0 Å². The summed E-state index contributed by atoms with van der Waals surface area (Å²) in [6.07, 6.45) is 5.30. The van der Waals surface area contributed by atoms with Crippen LogP contribution in [-0.4, -0.2) is 12.4 Å². The van der Waals surface area contributed by atoms with Gasteiger partial charge in [0.05, 0.1) is 6.10 Å². The van der Waals surface area contributed by atoms with Crippen LogP contribution >= 0.6 is 0 Å². The first-order valence-electron chi connectivity index (χ1n) is 13.8. The molecule has 0 aromatic heterocycles. The third-order valence-corrected chi connectivity index (χ3v) is 7.96. The summed E-state index contributed by atoms with van der Waals surface area (Å²) in [5.41, 5.74) is 4.16. The molecule has 0 N–H and O–H groups in total. The number of ether oxygens (including phenoxy) is 2. The molecule has 2 atom stereocenters. The third kappa shape index (κ3) is 5.36. The van der Waals surface area contributed by atoms with E-state index in [-0.39, 0.29) is 6.10 Å². The third-order valence-electron chi connectivity index (χ3n) is 7.96.